The molecule has 0 bridgehead atoms. The number of hydrogen-bond donors (Lipinski definition) is 1. The van der Waals surface area contributed by atoms with Gasteiger partial charge in [-0.05, 0) is 43.0 Å². The Hall–Kier alpha value is -1.76. The van der Waals surface area contributed by atoms with Crippen LogP contribution in [0.15, 0.2) is 48.7 Å². The van der Waals surface area contributed by atoms with E-state index in [9.17, 15) is 8.42 Å². The molecule has 1 fully saturated rings. The van der Waals surface area contributed by atoms with Crippen LogP contribution in [0.25, 0.3) is 11.3 Å². The van der Waals surface area contributed by atoms with Gasteiger partial charge in [-0.2, -0.15) is 0 Å². The van der Waals surface area contributed by atoms with Gasteiger partial charge in [0.25, 0.3) is 0 Å². The summed E-state index contributed by atoms with van der Waals surface area (Å²) in [4.78, 5) is 4.32. The molecule has 6 heteroatoms. The van der Waals surface area contributed by atoms with Gasteiger partial charge < -0.3 is 4.74 Å². The molecule has 3 rings (SSSR count). The first-order valence-electron chi connectivity index (χ1n) is 8.22. The average molecular weight is 346 g/mol. The summed E-state index contributed by atoms with van der Waals surface area (Å²) in [7, 11) is -3.35. The normalized spacial score (nSPS) is 18.4. The summed E-state index contributed by atoms with van der Waals surface area (Å²) in [6, 6.07) is 13.5. The molecule has 0 saturated carbocycles. The lowest BCUT2D eigenvalue weighted by Crippen LogP contribution is -2.34. The first-order valence-corrected chi connectivity index (χ1v) is 9.87. The van der Waals surface area contributed by atoms with E-state index >= 15 is 0 Å². The van der Waals surface area contributed by atoms with E-state index in [0.29, 0.717) is 6.61 Å². The number of ether oxygens (including phenoxy) is 1. The predicted octanol–water partition coefficient (Wildman–Crippen LogP) is 2.74. The molecule has 0 radical (unpaired) electrons. The van der Waals surface area contributed by atoms with Crippen molar-refractivity contribution in [2.75, 3.05) is 12.4 Å². The number of benzene rings is 1. The van der Waals surface area contributed by atoms with Crippen LogP contribution in [0.1, 0.15) is 24.8 Å². The van der Waals surface area contributed by atoms with Crippen LogP contribution in [0.2, 0.25) is 0 Å². The van der Waals surface area contributed by atoms with Crippen LogP contribution >= 0.6 is 0 Å². The highest BCUT2D eigenvalue weighted by Gasteiger charge is 2.21. The Morgan fingerprint density at radius 3 is 2.83 bits per heavy atom. The molecule has 2 heterocycles. The molecular formula is C18H22N2O3S. The fraction of sp³-hybridized carbons (Fsp3) is 0.389. The molecular weight excluding hydrogens is 324 g/mol. The Balaban J connectivity index is 1.62. The summed E-state index contributed by atoms with van der Waals surface area (Å²) < 4.78 is 32.6. The predicted molar refractivity (Wildman–Crippen MR) is 93.9 cm³/mol. The zero-order valence-corrected chi connectivity index (χ0v) is 14.3. The fourth-order valence-electron chi connectivity index (χ4n) is 2.81. The largest absolute Gasteiger partial charge is 0.377 e. The maximum absolute atomic E-state index is 12.2. The van der Waals surface area contributed by atoms with E-state index in [2.05, 4.69) is 9.71 Å². The maximum Gasteiger partial charge on any atom is 0.214 e. The zero-order valence-electron chi connectivity index (χ0n) is 13.5. The van der Waals surface area contributed by atoms with Crippen molar-refractivity contribution in [1.29, 1.82) is 0 Å². The summed E-state index contributed by atoms with van der Waals surface area (Å²) >= 11 is 0. The minimum absolute atomic E-state index is 0.0347. The van der Waals surface area contributed by atoms with E-state index in [1.807, 2.05) is 42.5 Å². The number of nitrogens with one attached hydrogen (secondary N) is 1. The highest BCUT2D eigenvalue weighted by Crippen LogP contribution is 2.18. The third kappa shape index (κ3) is 4.87. The second kappa shape index (κ2) is 7.88. The standard InChI is InChI=1S/C18H22N2O3S/c21-24(22,14-17-8-2-4-11-23-17)20-13-15-6-5-7-16(12-15)18-9-1-3-10-19-18/h1,3,5-7,9-10,12,17,20H,2,4,8,11,13-14H2. The topological polar surface area (TPSA) is 68.3 Å². The van der Waals surface area contributed by atoms with Gasteiger partial charge in [0.15, 0.2) is 0 Å². The molecule has 1 aromatic carbocycles. The van der Waals surface area contributed by atoms with E-state index in [0.717, 1.165) is 36.1 Å². The molecule has 1 aliphatic rings. The third-order valence-corrected chi connectivity index (χ3v) is 5.46. The summed E-state index contributed by atoms with van der Waals surface area (Å²) in [5.41, 5.74) is 2.76. The minimum atomic E-state index is -3.35. The Labute approximate surface area is 143 Å². The SMILES string of the molecule is O=S(=O)(CC1CCCCO1)NCc1cccc(-c2ccccn2)c1. The Bertz CT molecular complexity index is 757. The van der Waals surface area contributed by atoms with Gasteiger partial charge in [0.2, 0.25) is 10.0 Å². The van der Waals surface area contributed by atoms with Gasteiger partial charge in [0.05, 0.1) is 17.6 Å². The maximum atomic E-state index is 12.2. The first-order chi connectivity index (χ1) is 11.6. The molecule has 0 amide bonds. The van der Waals surface area contributed by atoms with Crippen molar-refractivity contribution in [1.82, 2.24) is 9.71 Å². The van der Waals surface area contributed by atoms with E-state index in [-0.39, 0.29) is 18.4 Å². The highest BCUT2D eigenvalue weighted by atomic mass is 32.2. The number of pyridine rings is 1. The molecule has 0 spiro atoms. The second-order valence-electron chi connectivity index (χ2n) is 6.01. The van der Waals surface area contributed by atoms with Gasteiger partial charge in [0, 0.05) is 24.9 Å². The first kappa shape index (κ1) is 17.1. The van der Waals surface area contributed by atoms with Crippen LogP contribution in [0.4, 0.5) is 0 Å². The van der Waals surface area contributed by atoms with Gasteiger partial charge in [-0.15, -0.1) is 0 Å². The van der Waals surface area contributed by atoms with Gasteiger partial charge in [-0.1, -0.05) is 24.3 Å². The van der Waals surface area contributed by atoms with Crippen molar-refractivity contribution < 1.29 is 13.2 Å². The van der Waals surface area contributed by atoms with Crippen LogP contribution in [-0.4, -0.2) is 31.9 Å². The number of rotatable bonds is 6. The van der Waals surface area contributed by atoms with E-state index in [4.69, 9.17) is 4.74 Å². The van der Waals surface area contributed by atoms with Crippen molar-refractivity contribution in [2.45, 2.75) is 31.9 Å². The monoisotopic (exact) mass is 346 g/mol. The molecule has 1 aromatic heterocycles. The lowest BCUT2D eigenvalue weighted by atomic mass is 10.1. The molecule has 24 heavy (non-hydrogen) atoms. The third-order valence-electron chi connectivity index (χ3n) is 4.06. The van der Waals surface area contributed by atoms with Crippen LogP contribution in [-0.2, 0) is 21.3 Å². The molecule has 0 aliphatic carbocycles. The Morgan fingerprint density at radius 1 is 1.17 bits per heavy atom. The lowest BCUT2D eigenvalue weighted by Gasteiger charge is -2.22. The zero-order chi connectivity index (χ0) is 16.8. The summed E-state index contributed by atoms with van der Waals surface area (Å²) in [6.07, 6.45) is 4.43. The molecule has 1 aliphatic heterocycles. The average Bonchev–Trinajstić information content (AvgIpc) is 2.62. The molecule has 1 atom stereocenters. The van der Waals surface area contributed by atoms with Crippen molar-refractivity contribution >= 4 is 10.0 Å². The number of aromatic nitrogens is 1. The molecule has 1 unspecified atom stereocenters. The Kier molecular flexibility index (Phi) is 5.60. The second-order valence-corrected chi connectivity index (χ2v) is 7.86. The molecule has 1 saturated heterocycles. The van der Waals surface area contributed by atoms with Crippen LogP contribution in [0.3, 0.4) is 0 Å². The summed E-state index contributed by atoms with van der Waals surface area (Å²) in [6.45, 7) is 0.933. The van der Waals surface area contributed by atoms with Gasteiger partial charge in [-0.25, -0.2) is 13.1 Å². The van der Waals surface area contributed by atoms with Crippen molar-refractivity contribution in [3.05, 3.63) is 54.2 Å². The van der Waals surface area contributed by atoms with E-state index in [1.54, 1.807) is 6.20 Å². The number of hydrogen-bond acceptors (Lipinski definition) is 4. The molecule has 5 nitrogen and oxygen atoms in total. The van der Waals surface area contributed by atoms with Crippen LogP contribution < -0.4 is 4.72 Å². The fourth-order valence-corrected chi connectivity index (χ4v) is 4.07. The highest BCUT2D eigenvalue weighted by molar-refractivity contribution is 7.89. The van der Waals surface area contributed by atoms with Crippen molar-refractivity contribution in [3.8, 4) is 11.3 Å². The van der Waals surface area contributed by atoms with Gasteiger partial charge in [-0.3, -0.25) is 4.98 Å². The van der Waals surface area contributed by atoms with Gasteiger partial charge in [0.1, 0.15) is 0 Å². The Morgan fingerprint density at radius 2 is 2.08 bits per heavy atom. The van der Waals surface area contributed by atoms with E-state index in [1.165, 1.54) is 0 Å². The lowest BCUT2D eigenvalue weighted by molar-refractivity contribution is 0.0304. The van der Waals surface area contributed by atoms with Crippen LogP contribution in [0, 0.1) is 0 Å². The smallest absolute Gasteiger partial charge is 0.214 e. The summed E-state index contributed by atoms with van der Waals surface area (Å²) in [5.74, 6) is 0.0347. The van der Waals surface area contributed by atoms with E-state index < -0.39 is 10.0 Å². The summed E-state index contributed by atoms with van der Waals surface area (Å²) in [5, 5.41) is 0. The molecule has 2 aromatic rings. The van der Waals surface area contributed by atoms with Gasteiger partial charge >= 0.3 is 0 Å². The molecule has 128 valence electrons. The minimum Gasteiger partial charge on any atom is -0.377 e. The number of sulfonamides is 1. The van der Waals surface area contributed by atoms with Crippen LogP contribution in [0.5, 0.6) is 0 Å². The quantitative estimate of drug-likeness (QED) is 0.873. The molecule has 1 N–H and O–H groups in total. The number of nitrogens with zero attached hydrogens (tertiary/aromatic N) is 1. The van der Waals surface area contributed by atoms with Crippen molar-refractivity contribution in [2.24, 2.45) is 0 Å². The van der Waals surface area contributed by atoms with Crippen molar-refractivity contribution in [3.63, 3.8) is 0 Å².